The van der Waals surface area contributed by atoms with Crippen molar-refractivity contribution in [3.63, 3.8) is 0 Å². The predicted octanol–water partition coefficient (Wildman–Crippen LogP) is 3.55. The summed E-state index contributed by atoms with van der Waals surface area (Å²) in [4.78, 5) is 0. The van der Waals surface area contributed by atoms with E-state index in [1.807, 2.05) is 6.92 Å². The summed E-state index contributed by atoms with van der Waals surface area (Å²) in [5.41, 5.74) is 1.28. The van der Waals surface area contributed by atoms with Crippen molar-refractivity contribution in [1.29, 1.82) is 0 Å². The predicted molar refractivity (Wildman–Crippen MR) is 79.6 cm³/mol. The Morgan fingerprint density at radius 2 is 2.00 bits per heavy atom. The van der Waals surface area contributed by atoms with Gasteiger partial charge in [0.2, 0.25) is 0 Å². The second-order valence-electron chi connectivity index (χ2n) is 4.40. The van der Waals surface area contributed by atoms with Gasteiger partial charge in [-0.1, -0.05) is 12.1 Å². The van der Waals surface area contributed by atoms with E-state index < -0.39 is 5.82 Å². The van der Waals surface area contributed by atoms with Crippen molar-refractivity contribution in [3.8, 4) is 17.2 Å². The number of anilines is 1. The Labute approximate surface area is 123 Å². The minimum Gasteiger partial charge on any atom is -0.504 e. The van der Waals surface area contributed by atoms with Gasteiger partial charge in [-0.2, -0.15) is 0 Å². The molecule has 2 aromatic carbocycles. The van der Waals surface area contributed by atoms with Gasteiger partial charge < -0.3 is 19.9 Å². The Morgan fingerprint density at radius 1 is 1.19 bits per heavy atom. The van der Waals surface area contributed by atoms with Crippen molar-refractivity contribution in [2.24, 2.45) is 0 Å². The monoisotopic (exact) mass is 291 g/mol. The van der Waals surface area contributed by atoms with Crippen molar-refractivity contribution in [1.82, 2.24) is 0 Å². The Balaban J connectivity index is 2.09. The molecular formula is C16H18FNO3. The average Bonchev–Trinajstić information content (AvgIpc) is 2.48. The van der Waals surface area contributed by atoms with Crippen LogP contribution in [-0.2, 0) is 6.54 Å². The normalized spacial score (nSPS) is 10.2. The van der Waals surface area contributed by atoms with Crippen LogP contribution in [-0.4, -0.2) is 18.8 Å². The molecule has 21 heavy (non-hydrogen) atoms. The molecule has 2 N–H and O–H groups in total. The van der Waals surface area contributed by atoms with E-state index in [0.29, 0.717) is 30.2 Å². The standard InChI is InChI=1S/C16H18FNO3/c1-3-21-15-6-4-5-11(16(15)19)10-18-12-7-8-14(20-2)13(17)9-12/h4-9,18-19H,3,10H2,1-2H3. The van der Waals surface area contributed by atoms with Gasteiger partial charge in [0, 0.05) is 23.9 Å². The number of para-hydroxylation sites is 1. The van der Waals surface area contributed by atoms with Gasteiger partial charge in [-0.05, 0) is 25.1 Å². The topological polar surface area (TPSA) is 50.7 Å². The van der Waals surface area contributed by atoms with Crippen molar-refractivity contribution in [2.75, 3.05) is 19.0 Å². The highest BCUT2D eigenvalue weighted by Gasteiger charge is 2.08. The van der Waals surface area contributed by atoms with E-state index >= 15 is 0 Å². The molecule has 0 radical (unpaired) electrons. The molecule has 2 rings (SSSR count). The van der Waals surface area contributed by atoms with Gasteiger partial charge in [-0.25, -0.2) is 4.39 Å². The first-order valence-electron chi connectivity index (χ1n) is 6.66. The zero-order valence-electron chi connectivity index (χ0n) is 12.0. The maximum atomic E-state index is 13.6. The molecule has 4 nitrogen and oxygen atoms in total. The highest BCUT2D eigenvalue weighted by atomic mass is 19.1. The number of ether oxygens (including phenoxy) is 2. The molecule has 0 heterocycles. The molecule has 0 spiro atoms. The summed E-state index contributed by atoms with van der Waals surface area (Å²) in [6.45, 7) is 2.69. The second kappa shape index (κ2) is 6.83. The zero-order chi connectivity index (χ0) is 15.2. The van der Waals surface area contributed by atoms with Crippen LogP contribution < -0.4 is 14.8 Å². The molecule has 0 unspecified atom stereocenters. The van der Waals surface area contributed by atoms with Crippen molar-refractivity contribution in [3.05, 3.63) is 47.8 Å². The fourth-order valence-electron chi connectivity index (χ4n) is 1.96. The maximum Gasteiger partial charge on any atom is 0.167 e. The number of phenols is 1. The minimum atomic E-state index is -0.435. The summed E-state index contributed by atoms with van der Waals surface area (Å²) in [6.07, 6.45) is 0. The molecule has 5 heteroatoms. The Bertz CT molecular complexity index is 616. The van der Waals surface area contributed by atoms with Crippen LogP contribution in [0.3, 0.4) is 0 Å². The molecule has 0 amide bonds. The van der Waals surface area contributed by atoms with Crippen molar-refractivity contribution >= 4 is 5.69 Å². The molecule has 0 aliphatic rings. The molecular weight excluding hydrogens is 273 g/mol. The third-order valence-electron chi connectivity index (χ3n) is 3.02. The van der Waals surface area contributed by atoms with Crippen LogP contribution in [0.4, 0.5) is 10.1 Å². The van der Waals surface area contributed by atoms with Crippen LogP contribution in [0.1, 0.15) is 12.5 Å². The molecule has 0 aromatic heterocycles. The molecule has 0 atom stereocenters. The average molecular weight is 291 g/mol. The van der Waals surface area contributed by atoms with Gasteiger partial charge >= 0.3 is 0 Å². The second-order valence-corrected chi connectivity index (χ2v) is 4.40. The van der Waals surface area contributed by atoms with E-state index in [9.17, 15) is 9.50 Å². The number of hydrogen-bond acceptors (Lipinski definition) is 4. The quantitative estimate of drug-likeness (QED) is 0.854. The minimum absolute atomic E-state index is 0.0980. The highest BCUT2D eigenvalue weighted by molar-refractivity contribution is 5.50. The molecule has 2 aromatic rings. The Hall–Kier alpha value is -2.43. The van der Waals surface area contributed by atoms with Gasteiger partial charge in [-0.15, -0.1) is 0 Å². The van der Waals surface area contributed by atoms with Gasteiger partial charge in [0.25, 0.3) is 0 Å². The Kier molecular flexibility index (Phi) is 4.87. The molecule has 0 saturated carbocycles. The lowest BCUT2D eigenvalue weighted by molar-refractivity contribution is 0.317. The van der Waals surface area contributed by atoms with Crippen LogP contribution in [0.25, 0.3) is 0 Å². The van der Waals surface area contributed by atoms with Crippen molar-refractivity contribution in [2.45, 2.75) is 13.5 Å². The number of hydrogen-bond donors (Lipinski definition) is 2. The van der Waals surface area contributed by atoms with Crippen LogP contribution >= 0.6 is 0 Å². The molecule has 0 fully saturated rings. The first-order chi connectivity index (χ1) is 10.2. The van der Waals surface area contributed by atoms with Gasteiger partial charge in [0.1, 0.15) is 0 Å². The maximum absolute atomic E-state index is 13.6. The summed E-state index contributed by atoms with van der Waals surface area (Å²) in [5.74, 6) is 0.301. The lowest BCUT2D eigenvalue weighted by Gasteiger charge is -2.12. The molecule has 112 valence electrons. The van der Waals surface area contributed by atoms with E-state index in [1.54, 1.807) is 30.3 Å². The molecule has 0 aliphatic carbocycles. The van der Waals surface area contributed by atoms with E-state index in [-0.39, 0.29) is 11.5 Å². The fraction of sp³-hybridized carbons (Fsp3) is 0.250. The Morgan fingerprint density at radius 3 is 2.67 bits per heavy atom. The van der Waals surface area contributed by atoms with E-state index in [2.05, 4.69) is 5.32 Å². The number of phenolic OH excluding ortho intramolecular Hbond substituents is 1. The van der Waals surface area contributed by atoms with Crippen LogP contribution in [0.15, 0.2) is 36.4 Å². The van der Waals surface area contributed by atoms with Gasteiger partial charge in [-0.3, -0.25) is 0 Å². The number of methoxy groups -OCH3 is 1. The lowest BCUT2D eigenvalue weighted by Crippen LogP contribution is -2.02. The number of halogens is 1. The third-order valence-corrected chi connectivity index (χ3v) is 3.02. The van der Waals surface area contributed by atoms with E-state index in [1.165, 1.54) is 13.2 Å². The largest absolute Gasteiger partial charge is 0.504 e. The van der Waals surface area contributed by atoms with Crippen LogP contribution in [0, 0.1) is 5.82 Å². The first kappa shape index (κ1) is 15.0. The van der Waals surface area contributed by atoms with Gasteiger partial charge in [0.15, 0.2) is 23.1 Å². The van der Waals surface area contributed by atoms with Crippen LogP contribution in [0.5, 0.6) is 17.2 Å². The van der Waals surface area contributed by atoms with Crippen molar-refractivity contribution < 1.29 is 19.0 Å². The lowest BCUT2D eigenvalue weighted by atomic mass is 10.1. The summed E-state index contributed by atoms with van der Waals surface area (Å²) in [6, 6.07) is 9.90. The summed E-state index contributed by atoms with van der Waals surface area (Å²) < 4.78 is 23.8. The van der Waals surface area contributed by atoms with E-state index in [4.69, 9.17) is 9.47 Å². The fourth-order valence-corrected chi connectivity index (χ4v) is 1.96. The number of rotatable bonds is 6. The zero-order valence-corrected chi connectivity index (χ0v) is 12.0. The third kappa shape index (κ3) is 3.56. The summed E-state index contributed by atoms with van der Waals surface area (Å²) in [7, 11) is 1.42. The summed E-state index contributed by atoms with van der Waals surface area (Å²) >= 11 is 0. The SMILES string of the molecule is CCOc1cccc(CNc2ccc(OC)c(F)c2)c1O. The number of aromatic hydroxyl groups is 1. The molecule has 0 saturated heterocycles. The molecule has 0 aliphatic heterocycles. The highest BCUT2D eigenvalue weighted by Crippen LogP contribution is 2.30. The van der Waals surface area contributed by atoms with Gasteiger partial charge in [0.05, 0.1) is 13.7 Å². The summed E-state index contributed by atoms with van der Waals surface area (Å²) in [5, 5.41) is 13.1. The molecule has 0 bridgehead atoms. The van der Waals surface area contributed by atoms with Crippen LogP contribution in [0.2, 0.25) is 0 Å². The first-order valence-corrected chi connectivity index (χ1v) is 6.66. The number of benzene rings is 2. The smallest absolute Gasteiger partial charge is 0.167 e. The van der Waals surface area contributed by atoms with E-state index in [0.717, 1.165) is 0 Å². The number of nitrogens with one attached hydrogen (secondary N) is 1.